The molecule has 9 heteroatoms. The smallest absolute Gasteiger partial charge is 0.266 e. The molecule has 2 aliphatic heterocycles. The molecule has 2 aliphatic rings. The van der Waals surface area contributed by atoms with E-state index in [1.54, 1.807) is 31.3 Å². The van der Waals surface area contributed by atoms with Crippen molar-refractivity contribution in [3.8, 4) is 11.5 Å². The number of benzene rings is 1. The van der Waals surface area contributed by atoms with Gasteiger partial charge in [0.1, 0.15) is 4.32 Å². The molecule has 3 rings (SSSR count). The summed E-state index contributed by atoms with van der Waals surface area (Å²) in [6, 6.07) is 5.46. The van der Waals surface area contributed by atoms with Gasteiger partial charge in [-0.05, 0) is 30.2 Å². The van der Waals surface area contributed by atoms with Crippen molar-refractivity contribution in [3.63, 3.8) is 0 Å². The van der Waals surface area contributed by atoms with Crippen molar-refractivity contribution in [2.24, 2.45) is 0 Å². The molecule has 0 atom stereocenters. The van der Waals surface area contributed by atoms with Crippen LogP contribution in [0.5, 0.6) is 11.5 Å². The second-order valence-corrected chi connectivity index (χ2v) is 8.22. The van der Waals surface area contributed by atoms with Gasteiger partial charge in [-0.2, -0.15) is 0 Å². The molecule has 156 valence electrons. The van der Waals surface area contributed by atoms with E-state index in [2.05, 4.69) is 0 Å². The van der Waals surface area contributed by atoms with Crippen molar-refractivity contribution in [2.75, 3.05) is 47.1 Å². The van der Waals surface area contributed by atoms with E-state index in [4.69, 9.17) is 26.4 Å². The molecule has 0 aliphatic carbocycles. The van der Waals surface area contributed by atoms with Crippen LogP contribution in [0.3, 0.4) is 0 Å². The van der Waals surface area contributed by atoms with Gasteiger partial charge in [0.05, 0.1) is 32.3 Å². The Morgan fingerprint density at radius 2 is 1.97 bits per heavy atom. The molecule has 0 N–H and O–H groups in total. The van der Waals surface area contributed by atoms with Gasteiger partial charge in [-0.1, -0.05) is 30.0 Å². The molecule has 7 nitrogen and oxygen atoms in total. The standard InChI is InChI=1S/C20H24N2O5S2/c1-25-15-6-5-14(12-16(15)26-2)13-17-19(24)22(20(28)29-17)7-3-4-18(23)21-8-10-27-11-9-21/h5-6,12-13H,3-4,7-11H2,1-2H3. The van der Waals surface area contributed by atoms with Gasteiger partial charge in [0, 0.05) is 26.1 Å². The molecule has 2 fully saturated rings. The summed E-state index contributed by atoms with van der Waals surface area (Å²) in [5.41, 5.74) is 0.825. The SMILES string of the molecule is COc1ccc(C=C2SC(=S)N(CCCC(=O)N3CCOCC3)C2=O)cc1OC. The molecule has 0 radical (unpaired) electrons. The lowest BCUT2D eigenvalue weighted by Gasteiger charge is -2.27. The summed E-state index contributed by atoms with van der Waals surface area (Å²) < 4.78 is 16.3. The highest BCUT2D eigenvalue weighted by atomic mass is 32.2. The van der Waals surface area contributed by atoms with Gasteiger partial charge in [0.25, 0.3) is 5.91 Å². The van der Waals surface area contributed by atoms with Gasteiger partial charge in [0.15, 0.2) is 11.5 Å². The van der Waals surface area contributed by atoms with Crippen molar-refractivity contribution in [3.05, 3.63) is 28.7 Å². The first-order valence-electron chi connectivity index (χ1n) is 9.36. The molecular formula is C20H24N2O5S2. The Morgan fingerprint density at radius 1 is 1.24 bits per heavy atom. The normalized spacial score (nSPS) is 18.5. The van der Waals surface area contributed by atoms with Crippen molar-refractivity contribution in [1.82, 2.24) is 9.80 Å². The summed E-state index contributed by atoms with van der Waals surface area (Å²) in [4.78, 5) is 28.9. The molecule has 0 saturated carbocycles. The van der Waals surface area contributed by atoms with Crippen LogP contribution in [0, 0.1) is 0 Å². The molecular weight excluding hydrogens is 412 g/mol. The summed E-state index contributed by atoms with van der Waals surface area (Å²) in [6.45, 7) is 2.87. The quantitative estimate of drug-likeness (QED) is 0.481. The Kier molecular flexibility index (Phi) is 7.51. The minimum absolute atomic E-state index is 0.0969. The zero-order valence-corrected chi connectivity index (χ0v) is 18.1. The first-order chi connectivity index (χ1) is 14.0. The Hall–Kier alpha value is -2.10. The predicted octanol–water partition coefficient (Wildman–Crippen LogP) is 2.54. The van der Waals surface area contributed by atoms with Crippen molar-refractivity contribution < 1.29 is 23.8 Å². The molecule has 0 bridgehead atoms. The Bertz CT molecular complexity index is 821. The molecule has 0 aromatic heterocycles. The number of rotatable bonds is 7. The number of thioether (sulfide) groups is 1. The van der Waals surface area contributed by atoms with Crippen molar-refractivity contribution >= 4 is 46.2 Å². The number of ether oxygens (including phenoxy) is 3. The summed E-state index contributed by atoms with van der Waals surface area (Å²) in [6.07, 6.45) is 2.76. The highest BCUT2D eigenvalue weighted by Gasteiger charge is 2.32. The number of amides is 2. The minimum Gasteiger partial charge on any atom is -0.493 e. The van der Waals surface area contributed by atoms with Gasteiger partial charge >= 0.3 is 0 Å². The third kappa shape index (κ3) is 5.29. The minimum atomic E-state index is -0.131. The highest BCUT2D eigenvalue weighted by Crippen LogP contribution is 2.34. The lowest BCUT2D eigenvalue weighted by Crippen LogP contribution is -2.41. The maximum Gasteiger partial charge on any atom is 0.266 e. The number of thiocarbonyl (C=S) groups is 1. The van der Waals surface area contributed by atoms with Gasteiger partial charge in [-0.15, -0.1) is 0 Å². The molecule has 1 aromatic carbocycles. The average Bonchev–Trinajstić information content (AvgIpc) is 3.01. The van der Waals surface area contributed by atoms with Gasteiger partial charge in [-0.3, -0.25) is 14.5 Å². The first kappa shape index (κ1) is 21.6. The van der Waals surface area contributed by atoms with E-state index in [-0.39, 0.29) is 11.8 Å². The van der Waals surface area contributed by atoms with Gasteiger partial charge in [0.2, 0.25) is 5.91 Å². The number of morpholine rings is 1. The number of methoxy groups -OCH3 is 2. The number of hydrogen-bond donors (Lipinski definition) is 0. The molecule has 2 saturated heterocycles. The third-order valence-corrected chi connectivity index (χ3v) is 6.09. The van der Waals surface area contributed by atoms with E-state index in [0.717, 1.165) is 5.56 Å². The second kappa shape index (κ2) is 10.1. The number of nitrogens with zero attached hydrogens (tertiary/aromatic N) is 2. The van der Waals surface area contributed by atoms with Gasteiger partial charge in [-0.25, -0.2) is 0 Å². The van der Waals surface area contributed by atoms with Crippen LogP contribution in [0.2, 0.25) is 0 Å². The lowest BCUT2D eigenvalue weighted by atomic mass is 10.2. The molecule has 2 heterocycles. The molecule has 29 heavy (non-hydrogen) atoms. The van der Waals surface area contributed by atoms with Crippen LogP contribution in [-0.4, -0.2) is 73.0 Å². The zero-order chi connectivity index (χ0) is 20.8. The Morgan fingerprint density at radius 3 is 2.66 bits per heavy atom. The van der Waals surface area contributed by atoms with Crippen LogP contribution < -0.4 is 9.47 Å². The van der Waals surface area contributed by atoms with Crippen LogP contribution in [0.25, 0.3) is 6.08 Å². The van der Waals surface area contributed by atoms with E-state index in [0.29, 0.717) is 66.4 Å². The van der Waals surface area contributed by atoms with Gasteiger partial charge < -0.3 is 19.1 Å². The lowest BCUT2D eigenvalue weighted by molar-refractivity contribution is -0.135. The molecule has 1 aromatic rings. The summed E-state index contributed by atoms with van der Waals surface area (Å²) >= 11 is 6.65. The monoisotopic (exact) mass is 436 g/mol. The zero-order valence-electron chi connectivity index (χ0n) is 16.5. The summed E-state index contributed by atoms with van der Waals surface area (Å²) in [7, 11) is 3.14. The average molecular weight is 437 g/mol. The Balaban J connectivity index is 1.59. The molecule has 0 spiro atoms. The van der Waals surface area contributed by atoms with Crippen LogP contribution in [0.15, 0.2) is 23.1 Å². The summed E-state index contributed by atoms with van der Waals surface area (Å²) in [5.74, 6) is 1.19. The topological polar surface area (TPSA) is 68.3 Å². The maximum absolute atomic E-state index is 12.8. The van der Waals surface area contributed by atoms with Crippen molar-refractivity contribution in [2.45, 2.75) is 12.8 Å². The van der Waals surface area contributed by atoms with E-state index in [1.165, 1.54) is 11.8 Å². The van der Waals surface area contributed by atoms with Crippen LogP contribution in [0.4, 0.5) is 0 Å². The number of carbonyl (C=O) groups is 2. The van der Waals surface area contributed by atoms with E-state index in [1.807, 2.05) is 17.0 Å². The van der Waals surface area contributed by atoms with Crippen LogP contribution >= 0.6 is 24.0 Å². The predicted molar refractivity (Wildman–Crippen MR) is 116 cm³/mol. The molecule has 0 unspecified atom stereocenters. The fourth-order valence-corrected chi connectivity index (χ4v) is 4.45. The van der Waals surface area contributed by atoms with Crippen LogP contribution in [0.1, 0.15) is 18.4 Å². The summed E-state index contributed by atoms with van der Waals surface area (Å²) in [5, 5.41) is 0. The second-order valence-electron chi connectivity index (χ2n) is 6.54. The van der Waals surface area contributed by atoms with Crippen LogP contribution in [-0.2, 0) is 14.3 Å². The largest absolute Gasteiger partial charge is 0.493 e. The third-order valence-electron chi connectivity index (χ3n) is 4.72. The van der Waals surface area contributed by atoms with Crippen molar-refractivity contribution in [1.29, 1.82) is 0 Å². The maximum atomic E-state index is 12.8. The number of hydrogen-bond acceptors (Lipinski definition) is 7. The fourth-order valence-electron chi connectivity index (χ4n) is 3.15. The van der Waals surface area contributed by atoms with E-state index < -0.39 is 0 Å². The molecule has 2 amide bonds. The first-order valence-corrected chi connectivity index (χ1v) is 10.6. The fraction of sp³-hybridized carbons (Fsp3) is 0.450. The highest BCUT2D eigenvalue weighted by molar-refractivity contribution is 8.26. The van der Waals surface area contributed by atoms with E-state index >= 15 is 0 Å². The van der Waals surface area contributed by atoms with E-state index in [9.17, 15) is 9.59 Å². The number of carbonyl (C=O) groups excluding carboxylic acids is 2. The Labute approximate surface area is 180 Å².